The first kappa shape index (κ1) is 17.7. The summed E-state index contributed by atoms with van der Waals surface area (Å²) in [6, 6.07) is 5.13. The van der Waals surface area contributed by atoms with Crippen molar-refractivity contribution in [1.82, 2.24) is 0 Å². The Morgan fingerprint density at radius 1 is 1.10 bits per heavy atom. The van der Waals surface area contributed by atoms with Crippen LogP contribution >= 0.6 is 0 Å². The standard InChI is InChI=1S/C15H24O6/c1-11(8-18-2)20-9-13(17)10-21-14-5-4-12(7-16)6-15(14)19-3/h4-6,11,13,16-17H,7-10H2,1-3H3. The Morgan fingerprint density at radius 3 is 2.48 bits per heavy atom. The molecule has 21 heavy (non-hydrogen) atoms. The van der Waals surface area contributed by atoms with Crippen LogP contribution in [0.1, 0.15) is 12.5 Å². The normalized spacial score (nSPS) is 13.8. The van der Waals surface area contributed by atoms with Crippen molar-refractivity contribution in [2.24, 2.45) is 0 Å². The number of hydrogen-bond acceptors (Lipinski definition) is 6. The smallest absolute Gasteiger partial charge is 0.161 e. The highest BCUT2D eigenvalue weighted by Gasteiger charge is 2.11. The first-order chi connectivity index (χ1) is 10.1. The zero-order valence-electron chi connectivity index (χ0n) is 12.7. The first-order valence-corrected chi connectivity index (χ1v) is 6.79. The molecule has 0 aliphatic carbocycles. The molecule has 1 aromatic carbocycles. The quantitative estimate of drug-likeness (QED) is 0.671. The van der Waals surface area contributed by atoms with Gasteiger partial charge in [-0.05, 0) is 24.6 Å². The van der Waals surface area contributed by atoms with E-state index in [0.717, 1.165) is 5.56 Å². The van der Waals surface area contributed by atoms with Crippen LogP contribution < -0.4 is 9.47 Å². The van der Waals surface area contributed by atoms with Crippen molar-refractivity contribution in [3.63, 3.8) is 0 Å². The SMILES string of the molecule is COCC(C)OCC(O)COc1ccc(CO)cc1OC. The van der Waals surface area contributed by atoms with Crippen LogP contribution in [0.15, 0.2) is 18.2 Å². The van der Waals surface area contributed by atoms with Gasteiger partial charge in [0.2, 0.25) is 0 Å². The topological polar surface area (TPSA) is 77.4 Å². The van der Waals surface area contributed by atoms with Crippen LogP contribution in [0.25, 0.3) is 0 Å². The molecule has 6 heteroatoms. The molecular formula is C15H24O6. The predicted molar refractivity (Wildman–Crippen MR) is 77.7 cm³/mol. The van der Waals surface area contributed by atoms with Gasteiger partial charge in [-0.25, -0.2) is 0 Å². The zero-order chi connectivity index (χ0) is 15.7. The van der Waals surface area contributed by atoms with Gasteiger partial charge < -0.3 is 29.2 Å². The zero-order valence-corrected chi connectivity index (χ0v) is 12.7. The second kappa shape index (κ2) is 9.57. The summed E-state index contributed by atoms with van der Waals surface area (Å²) in [4.78, 5) is 0. The van der Waals surface area contributed by atoms with Gasteiger partial charge in [-0.2, -0.15) is 0 Å². The van der Waals surface area contributed by atoms with Crippen molar-refractivity contribution >= 4 is 0 Å². The Balaban J connectivity index is 2.43. The average molecular weight is 300 g/mol. The van der Waals surface area contributed by atoms with E-state index in [2.05, 4.69) is 0 Å². The van der Waals surface area contributed by atoms with Crippen molar-refractivity contribution in [3.05, 3.63) is 23.8 Å². The van der Waals surface area contributed by atoms with E-state index in [4.69, 9.17) is 24.1 Å². The Labute approximate surface area is 125 Å². The van der Waals surface area contributed by atoms with Crippen LogP contribution in [0.5, 0.6) is 11.5 Å². The summed E-state index contributed by atoms with van der Waals surface area (Å²) >= 11 is 0. The minimum absolute atomic E-state index is 0.0650. The van der Waals surface area contributed by atoms with E-state index in [1.807, 2.05) is 6.92 Å². The molecule has 6 nitrogen and oxygen atoms in total. The maximum absolute atomic E-state index is 9.82. The molecular weight excluding hydrogens is 276 g/mol. The van der Waals surface area contributed by atoms with Gasteiger partial charge in [0.1, 0.15) is 12.7 Å². The Hall–Kier alpha value is -1.34. The van der Waals surface area contributed by atoms with Gasteiger partial charge in [0.25, 0.3) is 0 Å². The van der Waals surface area contributed by atoms with Gasteiger partial charge >= 0.3 is 0 Å². The summed E-state index contributed by atoms with van der Waals surface area (Å²) in [6.07, 6.45) is -0.824. The van der Waals surface area contributed by atoms with Crippen molar-refractivity contribution in [2.75, 3.05) is 34.0 Å². The molecule has 0 amide bonds. The lowest BCUT2D eigenvalue weighted by molar-refractivity contribution is -0.0424. The second-order valence-corrected chi connectivity index (χ2v) is 4.71. The summed E-state index contributed by atoms with van der Waals surface area (Å²) < 4.78 is 21.0. The van der Waals surface area contributed by atoms with Gasteiger partial charge in [0.05, 0.1) is 33.0 Å². The lowest BCUT2D eigenvalue weighted by Gasteiger charge is -2.17. The molecule has 1 aromatic rings. The molecule has 2 atom stereocenters. The van der Waals surface area contributed by atoms with E-state index < -0.39 is 6.10 Å². The number of benzene rings is 1. The summed E-state index contributed by atoms with van der Waals surface area (Å²) in [7, 11) is 3.12. The third kappa shape index (κ3) is 6.31. The highest BCUT2D eigenvalue weighted by atomic mass is 16.5. The third-order valence-electron chi connectivity index (χ3n) is 2.82. The summed E-state index contributed by atoms with van der Waals surface area (Å²) in [6.45, 7) is 2.54. The second-order valence-electron chi connectivity index (χ2n) is 4.71. The highest BCUT2D eigenvalue weighted by molar-refractivity contribution is 5.42. The molecule has 1 rings (SSSR count). The first-order valence-electron chi connectivity index (χ1n) is 6.79. The molecule has 120 valence electrons. The number of hydrogen-bond donors (Lipinski definition) is 2. The van der Waals surface area contributed by atoms with E-state index in [9.17, 15) is 5.11 Å². The Kier molecular flexibility index (Phi) is 8.07. The number of rotatable bonds is 10. The highest BCUT2D eigenvalue weighted by Crippen LogP contribution is 2.28. The molecule has 0 heterocycles. The molecule has 0 bridgehead atoms. The van der Waals surface area contributed by atoms with Gasteiger partial charge in [-0.15, -0.1) is 0 Å². The Morgan fingerprint density at radius 2 is 1.86 bits per heavy atom. The fourth-order valence-electron chi connectivity index (χ4n) is 1.72. The van der Waals surface area contributed by atoms with E-state index in [0.29, 0.717) is 18.1 Å². The van der Waals surface area contributed by atoms with Gasteiger partial charge in [-0.3, -0.25) is 0 Å². The van der Waals surface area contributed by atoms with Crippen LogP contribution in [0.4, 0.5) is 0 Å². The van der Waals surface area contributed by atoms with E-state index >= 15 is 0 Å². The number of ether oxygens (including phenoxy) is 4. The maximum Gasteiger partial charge on any atom is 0.161 e. The molecule has 0 aliphatic heterocycles. The molecule has 0 radical (unpaired) electrons. The Bertz CT molecular complexity index is 409. The minimum Gasteiger partial charge on any atom is -0.493 e. The molecule has 0 saturated heterocycles. The molecule has 0 spiro atoms. The van der Waals surface area contributed by atoms with Crippen LogP contribution in [0.3, 0.4) is 0 Å². The minimum atomic E-state index is -0.744. The number of methoxy groups -OCH3 is 2. The molecule has 2 N–H and O–H groups in total. The number of aliphatic hydroxyl groups excluding tert-OH is 2. The van der Waals surface area contributed by atoms with Crippen LogP contribution in [0.2, 0.25) is 0 Å². The van der Waals surface area contributed by atoms with Gasteiger partial charge in [0, 0.05) is 7.11 Å². The lowest BCUT2D eigenvalue weighted by atomic mass is 10.2. The number of aliphatic hydroxyl groups is 2. The van der Waals surface area contributed by atoms with E-state index in [1.54, 1.807) is 25.3 Å². The van der Waals surface area contributed by atoms with Crippen LogP contribution in [-0.2, 0) is 16.1 Å². The fourth-order valence-corrected chi connectivity index (χ4v) is 1.72. The fraction of sp³-hybridized carbons (Fsp3) is 0.600. The van der Waals surface area contributed by atoms with E-state index in [1.165, 1.54) is 7.11 Å². The maximum atomic E-state index is 9.82. The molecule has 0 fully saturated rings. The molecule has 0 saturated carbocycles. The van der Waals surface area contributed by atoms with E-state index in [-0.39, 0.29) is 25.9 Å². The van der Waals surface area contributed by atoms with Crippen LogP contribution in [-0.4, -0.2) is 56.5 Å². The lowest BCUT2D eigenvalue weighted by Crippen LogP contribution is -2.27. The summed E-state index contributed by atoms with van der Waals surface area (Å²) in [5.41, 5.74) is 0.733. The summed E-state index contributed by atoms with van der Waals surface area (Å²) in [5, 5.41) is 18.9. The third-order valence-corrected chi connectivity index (χ3v) is 2.82. The van der Waals surface area contributed by atoms with Crippen LogP contribution in [0, 0.1) is 0 Å². The van der Waals surface area contributed by atoms with Gasteiger partial charge in [0.15, 0.2) is 11.5 Å². The van der Waals surface area contributed by atoms with Crippen molar-refractivity contribution in [3.8, 4) is 11.5 Å². The predicted octanol–water partition coefficient (Wildman–Crippen LogP) is 0.979. The van der Waals surface area contributed by atoms with Crippen molar-refractivity contribution in [2.45, 2.75) is 25.7 Å². The largest absolute Gasteiger partial charge is 0.493 e. The van der Waals surface area contributed by atoms with Gasteiger partial charge in [-0.1, -0.05) is 6.07 Å². The molecule has 0 aromatic heterocycles. The monoisotopic (exact) mass is 300 g/mol. The van der Waals surface area contributed by atoms with Crippen molar-refractivity contribution in [1.29, 1.82) is 0 Å². The average Bonchev–Trinajstić information content (AvgIpc) is 2.51. The summed E-state index contributed by atoms with van der Waals surface area (Å²) in [5.74, 6) is 1.03. The molecule has 2 unspecified atom stereocenters. The molecule has 0 aliphatic rings. The van der Waals surface area contributed by atoms with Crippen molar-refractivity contribution < 1.29 is 29.2 Å².